The summed E-state index contributed by atoms with van der Waals surface area (Å²) in [4.78, 5) is 19.8. The molecule has 0 aliphatic carbocycles. The summed E-state index contributed by atoms with van der Waals surface area (Å²) >= 11 is 0. The van der Waals surface area contributed by atoms with Gasteiger partial charge in [0.15, 0.2) is 0 Å². The maximum absolute atomic E-state index is 13.3. The van der Waals surface area contributed by atoms with Crippen LogP contribution in [0.15, 0.2) is 89.1 Å². The minimum atomic E-state index is -0.398. The summed E-state index contributed by atoms with van der Waals surface area (Å²) < 4.78 is 5.76. The molecule has 5 rings (SSSR count). The number of allylic oxidation sites excluding steroid dienone is 1. The van der Waals surface area contributed by atoms with E-state index in [0.717, 1.165) is 39.1 Å². The van der Waals surface area contributed by atoms with Gasteiger partial charge in [-0.1, -0.05) is 89.6 Å². The van der Waals surface area contributed by atoms with Gasteiger partial charge in [0.2, 0.25) is 5.82 Å². The zero-order valence-electron chi connectivity index (χ0n) is 19.4. The molecule has 4 aromatic rings. The summed E-state index contributed by atoms with van der Waals surface area (Å²) in [7, 11) is 0. The van der Waals surface area contributed by atoms with Crippen molar-refractivity contribution in [3.8, 4) is 11.4 Å². The van der Waals surface area contributed by atoms with Crippen LogP contribution >= 0.6 is 0 Å². The molecule has 0 radical (unpaired) electrons. The Morgan fingerprint density at radius 3 is 2.35 bits per heavy atom. The summed E-state index contributed by atoms with van der Waals surface area (Å²) in [5.74, 6) is 0.914. The van der Waals surface area contributed by atoms with Gasteiger partial charge in [0.1, 0.15) is 0 Å². The molecule has 1 aliphatic heterocycles. The van der Waals surface area contributed by atoms with Crippen LogP contribution in [0.3, 0.4) is 0 Å². The number of aryl methyl sites for hydroxylation is 2. The Balaban J connectivity index is 1.61. The molecular weight excluding hydrogens is 424 g/mol. The van der Waals surface area contributed by atoms with Crippen LogP contribution in [0, 0.1) is 13.8 Å². The Morgan fingerprint density at radius 1 is 0.912 bits per heavy atom. The lowest BCUT2D eigenvalue weighted by Gasteiger charge is -2.35. The van der Waals surface area contributed by atoms with Crippen molar-refractivity contribution in [1.29, 1.82) is 0 Å². The Kier molecular flexibility index (Phi) is 5.72. The maximum Gasteiger partial charge on any atom is 0.322 e. The molecule has 0 fully saturated rings. The summed E-state index contributed by atoms with van der Waals surface area (Å²) in [6.07, 6.45) is 0. The predicted molar refractivity (Wildman–Crippen MR) is 132 cm³/mol. The van der Waals surface area contributed by atoms with Gasteiger partial charge in [0, 0.05) is 11.3 Å². The van der Waals surface area contributed by atoms with Crippen molar-refractivity contribution in [1.82, 2.24) is 20.4 Å². The van der Waals surface area contributed by atoms with Gasteiger partial charge in [-0.25, -0.2) is 4.79 Å². The second kappa shape index (κ2) is 8.98. The number of hydrogen-bond donors (Lipinski definition) is 1. The molecule has 1 unspecified atom stereocenters. The van der Waals surface area contributed by atoms with E-state index in [2.05, 4.69) is 23.5 Å². The molecular formula is C28H26N4O2. The molecule has 3 aromatic carbocycles. The molecule has 1 N–H and O–H groups in total. The second-order valence-corrected chi connectivity index (χ2v) is 8.59. The quantitative estimate of drug-likeness (QED) is 0.402. The highest BCUT2D eigenvalue weighted by atomic mass is 16.5. The molecule has 1 atom stereocenters. The van der Waals surface area contributed by atoms with Crippen molar-refractivity contribution in [3.05, 3.63) is 113 Å². The molecule has 1 aliphatic rings. The highest BCUT2D eigenvalue weighted by molar-refractivity contribution is 5.87. The van der Waals surface area contributed by atoms with Crippen molar-refractivity contribution in [2.75, 3.05) is 0 Å². The monoisotopic (exact) mass is 450 g/mol. The van der Waals surface area contributed by atoms with Gasteiger partial charge in [0.05, 0.1) is 18.2 Å². The molecule has 0 saturated heterocycles. The minimum Gasteiger partial charge on any atom is -0.334 e. The van der Waals surface area contributed by atoms with Gasteiger partial charge in [-0.2, -0.15) is 4.98 Å². The fourth-order valence-corrected chi connectivity index (χ4v) is 4.25. The number of benzene rings is 3. The van der Waals surface area contributed by atoms with Crippen LogP contribution in [0.2, 0.25) is 0 Å². The van der Waals surface area contributed by atoms with E-state index in [1.807, 2.05) is 86.6 Å². The SMILES string of the molecule is CC1=C(c2nc(-c3ccccc3)no2)C(c2ccc(C)cc2)NC(=O)N1Cc1ccccc1C. The largest absolute Gasteiger partial charge is 0.334 e. The van der Waals surface area contributed by atoms with Gasteiger partial charge in [0.25, 0.3) is 5.89 Å². The first kappa shape index (κ1) is 21.6. The molecule has 1 aromatic heterocycles. The van der Waals surface area contributed by atoms with Crippen molar-refractivity contribution in [2.24, 2.45) is 0 Å². The fourth-order valence-electron chi connectivity index (χ4n) is 4.25. The Hall–Kier alpha value is -4.19. The first-order valence-electron chi connectivity index (χ1n) is 11.3. The third-order valence-electron chi connectivity index (χ3n) is 6.29. The molecule has 170 valence electrons. The zero-order chi connectivity index (χ0) is 23.7. The average Bonchev–Trinajstić information content (AvgIpc) is 3.33. The number of aromatic nitrogens is 2. The van der Waals surface area contributed by atoms with Gasteiger partial charge in [-0.15, -0.1) is 0 Å². The first-order valence-corrected chi connectivity index (χ1v) is 11.3. The number of rotatable bonds is 5. The smallest absolute Gasteiger partial charge is 0.322 e. The molecule has 0 bridgehead atoms. The van der Waals surface area contributed by atoms with E-state index in [0.29, 0.717) is 18.3 Å². The third-order valence-corrected chi connectivity index (χ3v) is 6.29. The second-order valence-electron chi connectivity index (χ2n) is 8.59. The van der Waals surface area contributed by atoms with E-state index < -0.39 is 6.04 Å². The molecule has 2 heterocycles. The number of carbonyl (C=O) groups excluding carboxylic acids is 1. The van der Waals surface area contributed by atoms with E-state index in [9.17, 15) is 4.79 Å². The lowest BCUT2D eigenvalue weighted by atomic mass is 9.93. The summed E-state index contributed by atoms with van der Waals surface area (Å²) in [5.41, 5.74) is 6.80. The average molecular weight is 451 g/mol. The minimum absolute atomic E-state index is 0.155. The number of amides is 2. The van der Waals surface area contributed by atoms with Gasteiger partial charge >= 0.3 is 6.03 Å². The van der Waals surface area contributed by atoms with Gasteiger partial charge in [-0.05, 0) is 37.5 Å². The highest BCUT2D eigenvalue weighted by Crippen LogP contribution is 2.38. The van der Waals surface area contributed by atoms with Crippen LogP contribution in [0.1, 0.15) is 41.1 Å². The molecule has 2 amide bonds. The molecule has 0 saturated carbocycles. The van der Waals surface area contributed by atoms with E-state index in [1.165, 1.54) is 0 Å². The lowest BCUT2D eigenvalue weighted by Crippen LogP contribution is -2.45. The number of carbonyl (C=O) groups is 1. The Bertz CT molecular complexity index is 1360. The van der Waals surface area contributed by atoms with Crippen molar-refractivity contribution in [2.45, 2.75) is 33.4 Å². The van der Waals surface area contributed by atoms with Crippen molar-refractivity contribution in [3.63, 3.8) is 0 Å². The number of nitrogens with one attached hydrogen (secondary N) is 1. The Morgan fingerprint density at radius 2 is 1.62 bits per heavy atom. The standard InChI is InChI=1S/C28H26N4O2/c1-18-13-15-21(16-14-18)25-24(27-30-26(31-34-27)22-10-5-4-6-11-22)20(3)32(28(33)29-25)17-23-12-8-7-9-19(23)2/h4-16,25H,17H2,1-3H3,(H,29,33). The fraction of sp³-hybridized carbons (Fsp3) is 0.179. The molecule has 34 heavy (non-hydrogen) atoms. The Labute approximate surface area is 198 Å². The van der Waals surface area contributed by atoms with Crippen molar-refractivity contribution < 1.29 is 9.32 Å². The van der Waals surface area contributed by atoms with Crippen molar-refractivity contribution >= 4 is 11.6 Å². The van der Waals surface area contributed by atoms with Crippen LogP contribution in [-0.2, 0) is 6.54 Å². The van der Waals surface area contributed by atoms with Crippen LogP contribution in [0.5, 0.6) is 0 Å². The topological polar surface area (TPSA) is 71.3 Å². The lowest BCUT2D eigenvalue weighted by molar-refractivity contribution is 0.203. The van der Waals surface area contributed by atoms with Crippen LogP contribution < -0.4 is 5.32 Å². The van der Waals surface area contributed by atoms with E-state index in [4.69, 9.17) is 9.51 Å². The van der Waals surface area contributed by atoms with E-state index in [-0.39, 0.29) is 6.03 Å². The first-order chi connectivity index (χ1) is 16.5. The predicted octanol–water partition coefficient (Wildman–Crippen LogP) is 6.05. The molecule has 6 nitrogen and oxygen atoms in total. The van der Waals surface area contributed by atoms with E-state index >= 15 is 0 Å². The van der Waals surface area contributed by atoms with Crippen LogP contribution in [0.4, 0.5) is 4.79 Å². The maximum atomic E-state index is 13.3. The summed E-state index contributed by atoms with van der Waals surface area (Å²) in [6, 6.07) is 25.4. The summed E-state index contributed by atoms with van der Waals surface area (Å²) in [6.45, 7) is 6.49. The summed E-state index contributed by atoms with van der Waals surface area (Å²) in [5, 5.41) is 7.40. The van der Waals surface area contributed by atoms with Crippen LogP contribution in [-0.4, -0.2) is 21.1 Å². The molecule has 6 heteroatoms. The normalized spacial score (nSPS) is 16.0. The van der Waals surface area contributed by atoms with Gasteiger partial charge < -0.3 is 9.84 Å². The number of urea groups is 1. The molecule has 0 spiro atoms. The third kappa shape index (κ3) is 4.10. The van der Waals surface area contributed by atoms with E-state index in [1.54, 1.807) is 4.90 Å². The highest BCUT2D eigenvalue weighted by Gasteiger charge is 2.35. The number of hydrogen-bond acceptors (Lipinski definition) is 4. The zero-order valence-corrected chi connectivity index (χ0v) is 19.4. The van der Waals surface area contributed by atoms with Crippen LogP contribution in [0.25, 0.3) is 17.0 Å². The number of nitrogens with zero attached hydrogens (tertiary/aromatic N) is 3. The van der Waals surface area contributed by atoms with Gasteiger partial charge in [-0.3, -0.25) is 4.90 Å².